The van der Waals surface area contributed by atoms with Crippen molar-refractivity contribution in [3.05, 3.63) is 29.3 Å². The van der Waals surface area contributed by atoms with E-state index in [1.807, 2.05) is 32.0 Å². The average Bonchev–Trinajstić information content (AvgIpc) is 3.04. The molecule has 0 aliphatic heterocycles. The number of anilines is 1. The number of aryl methyl sites for hydroxylation is 1. The van der Waals surface area contributed by atoms with Crippen LogP contribution in [0, 0.1) is 13.8 Å². The molecule has 134 valence electrons. The average molecular weight is 381 g/mol. The normalized spacial score (nSPS) is 11.7. The van der Waals surface area contributed by atoms with Crippen molar-refractivity contribution in [3.8, 4) is 5.75 Å². The summed E-state index contributed by atoms with van der Waals surface area (Å²) in [6.45, 7) is 5.61. The molecule has 9 heteroatoms. The van der Waals surface area contributed by atoms with Crippen molar-refractivity contribution in [1.82, 2.24) is 10.2 Å². The van der Waals surface area contributed by atoms with Crippen LogP contribution in [-0.2, 0) is 14.3 Å². The topological polar surface area (TPSA) is 90.4 Å². The van der Waals surface area contributed by atoms with Gasteiger partial charge in [-0.2, -0.15) is 0 Å². The minimum absolute atomic E-state index is 0.144. The van der Waals surface area contributed by atoms with Crippen LogP contribution in [0.4, 0.5) is 5.13 Å². The van der Waals surface area contributed by atoms with E-state index in [1.165, 1.54) is 30.2 Å². The molecule has 0 bridgehead atoms. The number of nitrogens with one attached hydrogen (secondary N) is 1. The molecule has 25 heavy (non-hydrogen) atoms. The van der Waals surface area contributed by atoms with Gasteiger partial charge < -0.3 is 9.47 Å². The third-order valence-corrected chi connectivity index (χ3v) is 5.35. The SMILES string of the molecule is COC(=O)CSc1nnc(NC(=O)[C@H](C)Oc2cccc(C)c2C)s1. The van der Waals surface area contributed by atoms with Gasteiger partial charge in [-0.3, -0.25) is 14.9 Å². The zero-order valence-electron chi connectivity index (χ0n) is 14.4. The van der Waals surface area contributed by atoms with Gasteiger partial charge in [-0.15, -0.1) is 10.2 Å². The summed E-state index contributed by atoms with van der Waals surface area (Å²) in [5, 5.41) is 10.8. The Labute approximate surface area is 154 Å². The summed E-state index contributed by atoms with van der Waals surface area (Å²) in [6, 6.07) is 5.71. The highest BCUT2D eigenvalue weighted by Gasteiger charge is 2.18. The van der Waals surface area contributed by atoms with Crippen LogP contribution in [0.5, 0.6) is 5.75 Å². The molecule has 0 spiro atoms. The van der Waals surface area contributed by atoms with Crippen LogP contribution >= 0.6 is 23.1 Å². The van der Waals surface area contributed by atoms with E-state index in [9.17, 15) is 9.59 Å². The summed E-state index contributed by atoms with van der Waals surface area (Å²) in [7, 11) is 1.33. The van der Waals surface area contributed by atoms with E-state index in [-0.39, 0.29) is 17.6 Å². The quantitative estimate of drug-likeness (QED) is 0.448. The molecule has 2 aromatic rings. The van der Waals surface area contributed by atoms with Crippen LogP contribution in [0.15, 0.2) is 22.5 Å². The smallest absolute Gasteiger partial charge is 0.316 e. The highest BCUT2D eigenvalue weighted by Crippen LogP contribution is 2.26. The van der Waals surface area contributed by atoms with Gasteiger partial charge in [-0.25, -0.2) is 0 Å². The third-order valence-electron chi connectivity index (χ3n) is 3.41. The number of rotatable bonds is 7. The number of amides is 1. The minimum Gasteiger partial charge on any atom is -0.481 e. The van der Waals surface area contributed by atoms with E-state index in [1.54, 1.807) is 6.92 Å². The molecule has 2 rings (SSSR count). The Morgan fingerprint density at radius 1 is 1.32 bits per heavy atom. The van der Waals surface area contributed by atoms with E-state index in [2.05, 4.69) is 20.3 Å². The molecule has 1 atom stereocenters. The Morgan fingerprint density at radius 3 is 2.80 bits per heavy atom. The predicted molar refractivity (Wildman–Crippen MR) is 97.3 cm³/mol. The monoisotopic (exact) mass is 381 g/mol. The summed E-state index contributed by atoms with van der Waals surface area (Å²) in [4.78, 5) is 23.4. The zero-order valence-corrected chi connectivity index (χ0v) is 16.0. The first-order chi connectivity index (χ1) is 11.9. The van der Waals surface area contributed by atoms with Crippen molar-refractivity contribution in [2.45, 2.75) is 31.2 Å². The molecule has 1 heterocycles. The molecular weight excluding hydrogens is 362 g/mol. The molecule has 0 saturated carbocycles. The van der Waals surface area contributed by atoms with Crippen molar-refractivity contribution >= 4 is 40.1 Å². The van der Waals surface area contributed by atoms with Crippen LogP contribution in [0.1, 0.15) is 18.1 Å². The second-order valence-corrected chi connectivity index (χ2v) is 7.39. The fraction of sp³-hybridized carbons (Fsp3) is 0.375. The molecule has 0 saturated heterocycles. The van der Waals surface area contributed by atoms with E-state index < -0.39 is 6.10 Å². The standard InChI is InChI=1S/C16H19N3O4S2/c1-9-6-5-7-12(10(9)2)23-11(3)14(21)17-15-18-19-16(25-15)24-8-13(20)22-4/h5-7,11H,8H2,1-4H3,(H,17,18,21)/t11-/m0/s1. The molecule has 0 fully saturated rings. The second-order valence-electron chi connectivity index (χ2n) is 5.19. The summed E-state index contributed by atoms with van der Waals surface area (Å²) in [5.41, 5.74) is 2.10. The highest BCUT2D eigenvalue weighted by atomic mass is 32.2. The maximum atomic E-state index is 12.3. The molecule has 1 amide bonds. The Morgan fingerprint density at radius 2 is 2.08 bits per heavy atom. The van der Waals surface area contributed by atoms with E-state index in [0.717, 1.165) is 11.1 Å². The van der Waals surface area contributed by atoms with Crippen LogP contribution in [0.3, 0.4) is 0 Å². The van der Waals surface area contributed by atoms with E-state index in [4.69, 9.17) is 4.74 Å². The van der Waals surface area contributed by atoms with Gasteiger partial charge in [0.05, 0.1) is 12.9 Å². The number of aromatic nitrogens is 2. The number of hydrogen-bond acceptors (Lipinski definition) is 8. The zero-order chi connectivity index (χ0) is 18.4. The Hall–Kier alpha value is -2.13. The maximum Gasteiger partial charge on any atom is 0.316 e. The lowest BCUT2D eigenvalue weighted by Crippen LogP contribution is -2.30. The van der Waals surface area contributed by atoms with Gasteiger partial charge in [-0.05, 0) is 38.0 Å². The minimum atomic E-state index is -0.685. The second kappa shape index (κ2) is 8.82. The fourth-order valence-electron chi connectivity index (χ4n) is 1.80. The maximum absolute atomic E-state index is 12.3. The van der Waals surface area contributed by atoms with E-state index in [0.29, 0.717) is 15.2 Å². The Balaban J connectivity index is 1.92. The molecule has 1 aromatic carbocycles. The number of thioether (sulfide) groups is 1. The number of hydrogen-bond donors (Lipinski definition) is 1. The summed E-state index contributed by atoms with van der Waals surface area (Å²) < 4.78 is 10.9. The predicted octanol–water partition coefficient (Wildman–Crippen LogP) is 2.83. The number of methoxy groups -OCH3 is 1. The first-order valence-corrected chi connectivity index (χ1v) is 9.27. The number of carbonyl (C=O) groups excluding carboxylic acids is 2. The summed E-state index contributed by atoms with van der Waals surface area (Å²) in [6.07, 6.45) is -0.685. The van der Waals surface area contributed by atoms with Crippen molar-refractivity contribution in [3.63, 3.8) is 0 Å². The number of ether oxygens (including phenoxy) is 2. The van der Waals surface area contributed by atoms with Crippen molar-refractivity contribution in [2.24, 2.45) is 0 Å². The number of nitrogens with zero attached hydrogens (tertiary/aromatic N) is 2. The largest absolute Gasteiger partial charge is 0.481 e. The van der Waals surface area contributed by atoms with Crippen LogP contribution in [0.2, 0.25) is 0 Å². The first kappa shape index (κ1) is 19.2. The molecule has 1 N–H and O–H groups in total. The molecular formula is C16H19N3O4S2. The summed E-state index contributed by atoms with van der Waals surface area (Å²) in [5.74, 6) is 0.155. The van der Waals surface area contributed by atoms with Crippen molar-refractivity contribution in [2.75, 3.05) is 18.2 Å². The number of benzene rings is 1. The summed E-state index contributed by atoms with van der Waals surface area (Å²) >= 11 is 2.39. The van der Waals surface area contributed by atoms with Gasteiger partial charge in [0.1, 0.15) is 5.75 Å². The van der Waals surface area contributed by atoms with Gasteiger partial charge in [-0.1, -0.05) is 35.2 Å². The van der Waals surface area contributed by atoms with Gasteiger partial charge in [0.2, 0.25) is 5.13 Å². The molecule has 0 aliphatic rings. The van der Waals surface area contributed by atoms with E-state index >= 15 is 0 Å². The Bertz CT molecular complexity index is 764. The van der Waals surface area contributed by atoms with Gasteiger partial charge in [0, 0.05) is 0 Å². The third kappa shape index (κ3) is 5.43. The van der Waals surface area contributed by atoms with Crippen LogP contribution in [0.25, 0.3) is 0 Å². The van der Waals surface area contributed by atoms with Crippen molar-refractivity contribution in [1.29, 1.82) is 0 Å². The lowest BCUT2D eigenvalue weighted by molar-refractivity contribution is -0.137. The Kier molecular flexibility index (Phi) is 6.77. The van der Waals surface area contributed by atoms with Crippen LogP contribution < -0.4 is 10.1 Å². The first-order valence-electron chi connectivity index (χ1n) is 7.47. The molecule has 0 unspecified atom stereocenters. The lowest BCUT2D eigenvalue weighted by atomic mass is 10.1. The molecule has 0 aliphatic carbocycles. The molecule has 0 radical (unpaired) electrons. The molecule has 1 aromatic heterocycles. The number of esters is 1. The lowest BCUT2D eigenvalue weighted by Gasteiger charge is -2.16. The van der Waals surface area contributed by atoms with Gasteiger partial charge in [0.25, 0.3) is 5.91 Å². The molecule has 7 nitrogen and oxygen atoms in total. The highest BCUT2D eigenvalue weighted by molar-refractivity contribution is 8.01. The fourth-order valence-corrected chi connectivity index (χ4v) is 3.39. The van der Waals surface area contributed by atoms with Gasteiger partial charge >= 0.3 is 5.97 Å². The van der Waals surface area contributed by atoms with Gasteiger partial charge in [0.15, 0.2) is 10.4 Å². The van der Waals surface area contributed by atoms with Crippen LogP contribution in [-0.4, -0.2) is 41.0 Å². The number of carbonyl (C=O) groups is 2. The van der Waals surface area contributed by atoms with Crippen molar-refractivity contribution < 1.29 is 19.1 Å².